The molecule has 1 N–H and O–H groups in total. The molecule has 8 heteroatoms. The minimum atomic E-state index is -3.53. The molecule has 1 heterocycles. The van der Waals surface area contributed by atoms with Crippen LogP contribution in [0, 0.1) is 5.82 Å². The van der Waals surface area contributed by atoms with E-state index in [4.69, 9.17) is 4.74 Å². The Morgan fingerprint density at radius 2 is 1.86 bits per heavy atom. The fraction of sp³-hybridized carbons (Fsp3) is 0.381. The quantitative estimate of drug-likeness (QED) is 0.666. The lowest BCUT2D eigenvalue weighted by molar-refractivity contribution is -0.139. The van der Waals surface area contributed by atoms with E-state index in [9.17, 15) is 17.6 Å². The Labute approximate surface area is 170 Å². The van der Waals surface area contributed by atoms with Gasteiger partial charge < -0.3 is 9.64 Å². The first-order valence-corrected chi connectivity index (χ1v) is 11.2. The van der Waals surface area contributed by atoms with Crippen LogP contribution < -0.4 is 4.72 Å². The zero-order chi connectivity index (χ0) is 20.7. The number of morpholine rings is 1. The van der Waals surface area contributed by atoms with Gasteiger partial charge in [0.1, 0.15) is 11.9 Å². The van der Waals surface area contributed by atoms with Crippen molar-refractivity contribution in [1.82, 2.24) is 9.62 Å². The Bertz CT molecular complexity index is 904. The second-order valence-electron chi connectivity index (χ2n) is 6.99. The maximum atomic E-state index is 12.9. The molecule has 0 aromatic heterocycles. The van der Waals surface area contributed by atoms with Gasteiger partial charge in [-0.05, 0) is 29.7 Å². The Morgan fingerprint density at radius 1 is 1.14 bits per heavy atom. The van der Waals surface area contributed by atoms with E-state index in [1.807, 2.05) is 30.3 Å². The summed E-state index contributed by atoms with van der Waals surface area (Å²) in [5.41, 5.74) is 1.55. The zero-order valence-electron chi connectivity index (χ0n) is 16.1. The van der Waals surface area contributed by atoms with Crippen LogP contribution in [0.5, 0.6) is 0 Å². The third-order valence-electron chi connectivity index (χ3n) is 4.75. The van der Waals surface area contributed by atoms with E-state index in [2.05, 4.69) is 4.72 Å². The number of nitrogens with one attached hydrogen (secondary N) is 1. The summed E-state index contributed by atoms with van der Waals surface area (Å²) in [5.74, 6) is -0.633. The maximum Gasteiger partial charge on any atom is 0.222 e. The van der Waals surface area contributed by atoms with Gasteiger partial charge in [-0.25, -0.2) is 17.5 Å². The van der Waals surface area contributed by atoms with Crippen LogP contribution in [0.3, 0.4) is 0 Å². The summed E-state index contributed by atoms with van der Waals surface area (Å²) in [6.45, 7) is 1.70. The molecule has 2 aromatic rings. The second-order valence-corrected chi connectivity index (χ2v) is 8.80. The predicted molar refractivity (Wildman–Crippen MR) is 108 cm³/mol. The zero-order valence-corrected chi connectivity index (χ0v) is 16.9. The van der Waals surface area contributed by atoms with Gasteiger partial charge >= 0.3 is 0 Å². The maximum absolute atomic E-state index is 12.9. The Balaban J connectivity index is 1.41. The predicted octanol–water partition coefficient (Wildman–Crippen LogP) is 2.63. The van der Waals surface area contributed by atoms with E-state index < -0.39 is 15.8 Å². The highest BCUT2D eigenvalue weighted by molar-refractivity contribution is 7.88. The molecule has 156 valence electrons. The van der Waals surface area contributed by atoms with Gasteiger partial charge in [0.25, 0.3) is 0 Å². The van der Waals surface area contributed by atoms with Crippen molar-refractivity contribution in [3.05, 3.63) is 71.5 Å². The van der Waals surface area contributed by atoms with Crippen molar-refractivity contribution in [2.75, 3.05) is 26.2 Å². The standard InChI is InChI=1S/C21H25FN2O4S/c22-19-10-8-17(9-11-19)16-29(26,27)23-12-4-7-21(25)24-13-14-28-20(15-24)18-5-2-1-3-6-18/h1-3,5-6,8-11,20,23H,4,7,12-16H2. The third kappa shape index (κ3) is 6.62. The molecule has 0 spiro atoms. The molecular formula is C21H25FN2O4S. The topological polar surface area (TPSA) is 75.7 Å². The summed E-state index contributed by atoms with van der Waals surface area (Å²) in [7, 11) is -3.53. The number of halogens is 1. The van der Waals surface area contributed by atoms with Crippen molar-refractivity contribution in [3.8, 4) is 0 Å². The van der Waals surface area contributed by atoms with Crippen LogP contribution in [0.15, 0.2) is 54.6 Å². The number of hydrogen-bond donors (Lipinski definition) is 1. The van der Waals surface area contributed by atoms with Crippen LogP contribution in [0.4, 0.5) is 4.39 Å². The molecule has 1 amide bonds. The number of carbonyl (C=O) groups is 1. The van der Waals surface area contributed by atoms with Gasteiger partial charge in [0.05, 0.1) is 18.9 Å². The molecule has 0 bridgehead atoms. The van der Waals surface area contributed by atoms with Gasteiger partial charge in [0, 0.05) is 19.5 Å². The first kappa shape index (κ1) is 21.4. The van der Waals surface area contributed by atoms with Crippen molar-refractivity contribution in [2.24, 2.45) is 0 Å². The fourth-order valence-electron chi connectivity index (χ4n) is 3.22. The lowest BCUT2D eigenvalue weighted by Gasteiger charge is -2.33. The average Bonchev–Trinajstić information content (AvgIpc) is 2.73. The molecule has 1 aliphatic heterocycles. The van der Waals surface area contributed by atoms with Crippen LogP contribution in [0.1, 0.15) is 30.1 Å². The summed E-state index contributed by atoms with van der Waals surface area (Å²) in [6.07, 6.45) is 0.540. The SMILES string of the molecule is O=C(CCCNS(=O)(=O)Cc1ccc(F)cc1)N1CCOC(c2ccccc2)C1. The summed E-state index contributed by atoms with van der Waals surface area (Å²) >= 11 is 0. The molecule has 1 fully saturated rings. The number of hydrogen-bond acceptors (Lipinski definition) is 4. The minimum Gasteiger partial charge on any atom is -0.370 e. The Hall–Kier alpha value is -2.29. The van der Waals surface area contributed by atoms with E-state index >= 15 is 0 Å². The third-order valence-corrected chi connectivity index (χ3v) is 6.11. The molecule has 3 rings (SSSR count). The second kappa shape index (κ2) is 9.96. The van der Waals surface area contributed by atoms with Crippen molar-refractivity contribution in [2.45, 2.75) is 24.7 Å². The van der Waals surface area contributed by atoms with Gasteiger partial charge in [0.2, 0.25) is 15.9 Å². The lowest BCUT2D eigenvalue weighted by Crippen LogP contribution is -2.42. The van der Waals surface area contributed by atoms with Crippen LogP contribution in [-0.2, 0) is 25.3 Å². The van der Waals surface area contributed by atoms with Gasteiger partial charge in [-0.15, -0.1) is 0 Å². The van der Waals surface area contributed by atoms with E-state index in [0.717, 1.165) is 5.56 Å². The summed E-state index contributed by atoms with van der Waals surface area (Å²) in [4.78, 5) is 14.3. The van der Waals surface area contributed by atoms with E-state index in [1.54, 1.807) is 4.90 Å². The number of rotatable bonds is 8. The molecule has 0 aliphatic carbocycles. The van der Waals surface area contributed by atoms with Crippen molar-refractivity contribution in [1.29, 1.82) is 0 Å². The molecule has 6 nitrogen and oxygen atoms in total. The van der Waals surface area contributed by atoms with Gasteiger partial charge in [-0.3, -0.25) is 4.79 Å². The van der Waals surface area contributed by atoms with Crippen LogP contribution >= 0.6 is 0 Å². The van der Waals surface area contributed by atoms with Crippen molar-refractivity contribution in [3.63, 3.8) is 0 Å². The average molecular weight is 421 g/mol. The number of sulfonamides is 1. The van der Waals surface area contributed by atoms with Crippen molar-refractivity contribution < 1.29 is 22.3 Å². The molecule has 0 radical (unpaired) electrons. The first-order chi connectivity index (χ1) is 13.9. The smallest absolute Gasteiger partial charge is 0.222 e. The number of nitrogens with zero attached hydrogens (tertiary/aromatic N) is 1. The molecule has 1 aliphatic rings. The molecule has 2 aromatic carbocycles. The van der Waals surface area contributed by atoms with Crippen LogP contribution in [0.25, 0.3) is 0 Å². The van der Waals surface area contributed by atoms with Crippen LogP contribution in [0.2, 0.25) is 0 Å². The molecule has 29 heavy (non-hydrogen) atoms. The van der Waals surface area contributed by atoms with Gasteiger partial charge in [-0.1, -0.05) is 42.5 Å². The summed E-state index contributed by atoms with van der Waals surface area (Å²) in [6, 6.07) is 15.1. The van der Waals surface area contributed by atoms with E-state index in [1.165, 1.54) is 24.3 Å². The Kier molecular flexibility index (Phi) is 7.35. The van der Waals surface area contributed by atoms with E-state index in [-0.39, 0.29) is 30.7 Å². The molecule has 1 atom stereocenters. The number of ether oxygens (including phenoxy) is 1. The van der Waals surface area contributed by atoms with Crippen LogP contribution in [-0.4, -0.2) is 45.5 Å². The molecule has 1 unspecified atom stereocenters. The number of amides is 1. The van der Waals surface area contributed by atoms with Gasteiger partial charge in [-0.2, -0.15) is 0 Å². The number of benzene rings is 2. The van der Waals surface area contributed by atoms with Gasteiger partial charge in [0.15, 0.2) is 0 Å². The normalized spacial score (nSPS) is 17.3. The molecular weight excluding hydrogens is 395 g/mol. The molecule has 1 saturated heterocycles. The monoisotopic (exact) mass is 420 g/mol. The lowest BCUT2D eigenvalue weighted by atomic mass is 10.1. The van der Waals surface area contributed by atoms with Crippen molar-refractivity contribution >= 4 is 15.9 Å². The van der Waals surface area contributed by atoms with E-state index in [0.29, 0.717) is 31.7 Å². The minimum absolute atomic E-state index is 0.00744. The highest BCUT2D eigenvalue weighted by Gasteiger charge is 2.25. The first-order valence-electron chi connectivity index (χ1n) is 9.59. The Morgan fingerprint density at radius 3 is 2.59 bits per heavy atom. The highest BCUT2D eigenvalue weighted by atomic mass is 32.2. The molecule has 0 saturated carbocycles. The fourth-order valence-corrected chi connectivity index (χ4v) is 4.41. The highest BCUT2D eigenvalue weighted by Crippen LogP contribution is 2.22. The largest absolute Gasteiger partial charge is 0.370 e. The summed E-state index contributed by atoms with van der Waals surface area (Å²) in [5, 5.41) is 0. The summed E-state index contributed by atoms with van der Waals surface area (Å²) < 4.78 is 45.4. The number of carbonyl (C=O) groups excluding carboxylic acids is 1.